The lowest BCUT2D eigenvalue weighted by Gasteiger charge is -2.59. The van der Waals surface area contributed by atoms with E-state index in [2.05, 4.69) is 19.9 Å². The maximum atomic E-state index is 11.9. The fourth-order valence-corrected chi connectivity index (χ4v) is 7.44. The van der Waals surface area contributed by atoms with Crippen LogP contribution in [0.3, 0.4) is 0 Å². The van der Waals surface area contributed by atoms with E-state index in [0.29, 0.717) is 36.4 Å². The molecule has 0 amide bonds. The second-order valence-electron chi connectivity index (χ2n) is 9.60. The van der Waals surface area contributed by atoms with Gasteiger partial charge in [-0.25, -0.2) is 0 Å². The predicted molar refractivity (Wildman–Crippen MR) is 93.3 cm³/mol. The van der Waals surface area contributed by atoms with Gasteiger partial charge in [-0.2, -0.15) is 0 Å². The van der Waals surface area contributed by atoms with Crippen molar-refractivity contribution in [3.8, 4) is 0 Å². The Morgan fingerprint density at radius 3 is 2.75 bits per heavy atom. The largest absolute Gasteiger partial charge is 0.393 e. The molecule has 3 saturated carbocycles. The van der Waals surface area contributed by atoms with Gasteiger partial charge in [-0.15, -0.1) is 0 Å². The van der Waals surface area contributed by atoms with Crippen molar-refractivity contribution in [1.29, 1.82) is 0 Å². The zero-order valence-electron chi connectivity index (χ0n) is 15.3. The van der Waals surface area contributed by atoms with E-state index in [1.165, 1.54) is 12.0 Å². The van der Waals surface area contributed by atoms with Crippen LogP contribution in [-0.4, -0.2) is 28.2 Å². The smallest absolute Gasteiger partial charge is 0.136 e. The Balaban J connectivity index is 1.71. The maximum absolute atomic E-state index is 11.9. The number of aliphatic hydroxyl groups excluding tert-OH is 2. The molecule has 0 bridgehead atoms. The predicted octanol–water partition coefficient (Wildman–Crippen LogP) is 3.49. The van der Waals surface area contributed by atoms with Crippen LogP contribution in [0.4, 0.5) is 0 Å². The van der Waals surface area contributed by atoms with Gasteiger partial charge in [0, 0.05) is 12.8 Å². The molecule has 0 heterocycles. The minimum absolute atomic E-state index is 0.000487. The molecular weight excluding hydrogens is 300 g/mol. The highest BCUT2D eigenvalue weighted by Crippen LogP contribution is 2.66. The molecule has 4 aliphatic carbocycles. The van der Waals surface area contributed by atoms with E-state index < -0.39 is 0 Å². The molecule has 24 heavy (non-hydrogen) atoms. The summed E-state index contributed by atoms with van der Waals surface area (Å²) >= 11 is 0. The molecule has 2 N–H and O–H groups in total. The van der Waals surface area contributed by atoms with E-state index in [1.54, 1.807) is 0 Å². The molecule has 0 aliphatic heterocycles. The van der Waals surface area contributed by atoms with Gasteiger partial charge in [-0.3, -0.25) is 4.79 Å². The van der Waals surface area contributed by atoms with Gasteiger partial charge in [0.2, 0.25) is 0 Å². The Morgan fingerprint density at radius 2 is 2.04 bits per heavy atom. The minimum atomic E-state index is -0.308. The van der Waals surface area contributed by atoms with E-state index in [9.17, 15) is 15.0 Å². The number of hydrogen-bond donors (Lipinski definition) is 2. The first-order chi connectivity index (χ1) is 11.3. The van der Waals surface area contributed by atoms with Crippen molar-refractivity contribution < 1.29 is 15.0 Å². The fourth-order valence-electron chi connectivity index (χ4n) is 7.44. The molecule has 4 aliphatic rings. The number of aliphatic hydroxyl groups is 2. The lowest BCUT2D eigenvalue weighted by atomic mass is 9.46. The third-order valence-electron chi connectivity index (χ3n) is 8.52. The Morgan fingerprint density at radius 1 is 1.29 bits per heavy atom. The zero-order chi connectivity index (χ0) is 17.3. The normalized spacial score (nSPS) is 52.1. The first-order valence-corrected chi connectivity index (χ1v) is 9.84. The Labute approximate surface area is 145 Å². The molecule has 3 heteroatoms. The van der Waals surface area contributed by atoms with E-state index in [1.807, 2.05) is 6.92 Å². The number of carbonyl (C=O) groups excluding carboxylic acids is 1. The summed E-state index contributed by atoms with van der Waals surface area (Å²) in [5, 5.41) is 21.5. The molecule has 0 spiro atoms. The van der Waals surface area contributed by atoms with Crippen molar-refractivity contribution in [3.63, 3.8) is 0 Å². The van der Waals surface area contributed by atoms with E-state index in [0.717, 1.165) is 25.7 Å². The molecule has 4 rings (SSSR count). The summed E-state index contributed by atoms with van der Waals surface area (Å²) in [7, 11) is 0. The van der Waals surface area contributed by atoms with Crippen LogP contribution in [0.2, 0.25) is 0 Å². The summed E-state index contributed by atoms with van der Waals surface area (Å²) in [6, 6.07) is 0. The van der Waals surface area contributed by atoms with E-state index in [-0.39, 0.29) is 29.0 Å². The molecule has 0 aromatic carbocycles. The topological polar surface area (TPSA) is 57.5 Å². The van der Waals surface area contributed by atoms with Crippen molar-refractivity contribution in [2.24, 2.45) is 34.5 Å². The van der Waals surface area contributed by atoms with Gasteiger partial charge in [-0.05, 0) is 73.5 Å². The third-order valence-corrected chi connectivity index (χ3v) is 8.52. The van der Waals surface area contributed by atoms with Crippen LogP contribution in [0.1, 0.15) is 65.7 Å². The summed E-state index contributed by atoms with van der Waals surface area (Å²) in [5.41, 5.74) is 1.36. The van der Waals surface area contributed by atoms with Gasteiger partial charge in [-0.1, -0.05) is 25.5 Å². The second kappa shape index (κ2) is 5.41. The third kappa shape index (κ3) is 2.13. The highest BCUT2D eigenvalue weighted by atomic mass is 16.3. The Bertz CT molecular complexity index is 580. The quantitative estimate of drug-likeness (QED) is 0.723. The highest BCUT2D eigenvalue weighted by molar-refractivity contribution is 5.82. The first-order valence-electron chi connectivity index (χ1n) is 9.84. The van der Waals surface area contributed by atoms with Crippen LogP contribution in [-0.2, 0) is 4.79 Å². The molecule has 2 unspecified atom stereocenters. The number of Topliss-reactive ketones (excluding diaryl/α,β-unsaturated/α-hetero) is 1. The van der Waals surface area contributed by atoms with Crippen LogP contribution in [0.5, 0.6) is 0 Å². The van der Waals surface area contributed by atoms with E-state index in [4.69, 9.17) is 0 Å². The SMILES string of the molecule is CC(O)[C@H]1CC[C@H]2[C@@H]3CC=C4CC(=O)CC[C@]4(C)[C@H]3C(O)C[C@]12C. The number of carbonyl (C=O) groups is 1. The van der Waals surface area contributed by atoms with Crippen LogP contribution in [0.15, 0.2) is 11.6 Å². The van der Waals surface area contributed by atoms with Crippen molar-refractivity contribution >= 4 is 5.78 Å². The fraction of sp³-hybridized carbons (Fsp3) is 0.857. The van der Waals surface area contributed by atoms with E-state index >= 15 is 0 Å². The van der Waals surface area contributed by atoms with Gasteiger partial charge >= 0.3 is 0 Å². The van der Waals surface area contributed by atoms with Crippen molar-refractivity contribution in [2.45, 2.75) is 77.9 Å². The lowest BCUT2D eigenvalue weighted by molar-refractivity contribution is -0.138. The molecule has 0 aromatic heterocycles. The van der Waals surface area contributed by atoms with Crippen LogP contribution in [0, 0.1) is 34.5 Å². The second-order valence-corrected chi connectivity index (χ2v) is 9.60. The van der Waals surface area contributed by atoms with Gasteiger partial charge < -0.3 is 10.2 Å². The molecule has 3 fully saturated rings. The minimum Gasteiger partial charge on any atom is -0.393 e. The number of allylic oxidation sites excluding steroid dienone is 2. The molecule has 8 atom stereocenters. The summed E-state index contributed by atoms with van der Waals surface area (Å²) in [5.74, 6) is 2.06. The molecule has 0 aromatic rings. The zero-order valence-corrected chi connectivity index (χ0v) is 15.3. The number of fused-ring (bicyclic) bond motifs is 5. The number of ketones is 1. The average molecular weight is 332 g/mol. The monoisotopic (exact) mass is 332 g/mol. The van der Waals surface area contributed by atoms with Gasteiger partial charge in [0.15, 0.2) is 0 Å². The number of rotatable bonds is 1. The standard InChI is InChI=1S/C21H32O3/c1-12(22)16-6-7-17-15-5-4-13-10-14(23)8-9-20(13,2)19(15)18(24)11-21(16,17)3/h4,12,15-19,22,24H,5-11H2,1-3H3/t12?,15-,16+,17-,18?,19+,20-,21+/m0/s1. The summed E-state index contributed by atoms with van der Waals surface area (Å²) in [4.78, 5) is 11.9. The number of hydrogen-bond acceptors (Lipinski definition) is 3. The highest BCUT2D eigenvalue weighted by Gasteiger charge is 2.62. The van der Waals surface area contributed by atoms with Crippen molar-refractivity contribution in [3.05, 3.63) is 11.6 Å². The van der Waals surface area contributed by atoms with Crippen molar-refractivity contribution in [1.82, 2.24) is 0 Å². The molecule has 3 nitrogen and oxygen atoms in total. The summed E-state index contributed by atoms with van der Waals surface area (Å²) in [6.45, 7) is 6.53. The average Bonchev–Trinajstić information content (AvgIpc) is 2.84. The Hall–Kier alpha value is -0.670. The van der Waals surface area contributed by atoms with Crippen LogP contribution < -0.4 is 0 Å². The Kier molecular flexibility index (Phi) is 3.78. The first kappa shape index (κ1) is 16.8. The summed E-state index contributed by atoms with van der Waals surface area (Å²) in [6.07, 6.45) is 7.99. The molecule has 0 saturated heterocycles. The van der Waals surface area contributed by atoms with Gasteiger partial charge in [0.05, 0.1) is 12.2 Å². The van der Waals surface area contributed by atoms with Gasteiger partial charge in [0.1, 0.15) is 5.78 Å². The lowest BCUT2D eigenvalue weighted by Crippen LogP contribution is -2.56. The molecule has 134 valence electrons. The van der Waals surface area contributed by atoms with Crippen LogP contribution in [0.25, 0.3) is 0 Å². The molecule has 0 radical (unpaired) electrons. The summed E-state index contributed by atoms with van der Waals surface area (Å²) < 4.78 is 0. The molecular formula is C21H32O3. The van der Waals surface area contributed by atoms with Crippen molar-refractivity contribution in [2.75, 3.05) is 0 Å². The maximum Gasteiger partial charge on any atom is 0.136 e. The van der Waals surface area contributed by atoms with Gasteiger partial charge in [0.25, 0.3) is 0 Å². The van der Waals surface area contributed by atoms with Crippen LogP contribution >= 0.6 is 0 Å².